The van der Waals surface area contributed by atoms with Crippen LogP contribution in [0.4, 0.5) is 0 Å². The molecule has 0 aliphatic rings. The van der Waals surface area contributed by atoms with E-state index in [0.29, 0.717) is 37.7 Å². The van der Waals surface area contributed by atoms with Crippen LogP contribution in [0.15, 0.2) is 12.1 Å². The SMILES string of the molecule is O=Cc1cc(C=O)c2c(C=O)cc(C=O)c(C=O)c2c1C=O. The molecule has 108 valence electrons. The first-order chi connectivity index (χ1) is 10.7. The minimum atomic E-state index is -0.149. The van der Waals surface area contributed by atoms with Crippen LogP contribution < -0.4 is 0 Å². The summed E-state index contributed by atoms with van der Waals surface area (Å²) in [6.45, 7) is 0. The number of rotatable bonds is 6. The van der Waals surface area contributed by atoms with Crippen LogP contribution in [0.3, 0.4) is 0 Å². The molecule has 0 aromatic heterocycles. The molecule has 0 spiro atoms. The zero-order valence-electron chi connectivity index (χ0n) is 11.1. The molecule has 0 radical (unpaired) electrons. The summed E-state index contributed by atoms with van der Waals surface area (Å²) < 4.78 is 0. The molecule has 6 heteroatoms. The molecule has 0 fully saturated rings. The van der Waals surface area contributed by atoms with Gasteiger partial charge in [-0.15, -0.1) is 0 Å². The van der Waals surface area contributed by atoms with E-state index >= 15 is 0 Å². The maximum atomic E-state index is 11.3. The van der Waals surface area contributed by atoms with Crippen LogP contribution in [0.2, 0.25) is 0 Å². The zero-order chi connectivity index (χ0) is 16.3. The Morgan fingerprint density at radius 2 is 0.818 bits per heavy atom. The Bertz CT molecular complexity index is 781. The van der Waals surface area contributed by atoms with Gasteiger partial charge >= 0.3 is 0 Å². The summed E-state index contributed by atoms with van der Waals surface area (Å²) in [6, 6.07) is 2.32. The van der Waals surface area contributed by atoms with Crippen LogP contribution in [-0.2, 0) is 0 Å². The number of hydrogen-bond acceptors (Lipinski definition) is 6. The van der Waals surface area contributed by atoms with E-state index in [1.807, 2.05) is 0 Å². The molecule has 0 atom stereocenters. The van der Waals surface area contributed by atoms with Gasteiger partial charge in [0.05, 0.1) is 0 Å². The molecule has 0 bridgehead atoms. The van der Waals surface area contributed by atoms with E-state index in [9.17, 15) is 28.8 Å². The maximum Gasteiger partial charge on any atom is 0.151 e. The van der Waals surface area contributed by atoms with Gasteiger partial charge in [-0.05, 0) is 12.1 Å². The summed E-state index contributed by atoms with van der Waals surface area (Å²) in [5.74, 6) is 0. The van der Waals surface area contributed by atoms with E-state index in [1.54, 1.807) is 0 Å². The lowest BCUT2D eigenvalue weighted by molar-refractivity contribution is 0.109. The molecule has 2 aromatic carbocycles. The van der Waals surface area contributed by atoms with Gasteiger partial charge in [0.1, 0.15) is 0 Å². The van der Waals surface area contributed by atoms with Crippen LogP contribution in [0.25, 0.3) is 10.8 Å². The molecule has 0 N–H and O–H groups in total. The fourth-order valence-electron chi connectivity index (χ4n) is 2.43. The monoisotopic (exact) mass is 296 g/mol. The predicted molar refractivity (Wildman–Crippen MR) is 76.3 cm³/mol. The third-order valence-corrected chi connectivity index (χ3v) is 3.35. The van der Waals surface area contributed by atoms with E-state index in [-0.39, 0.29) is 44.2 Å². The Morgan fingerprint density at radius 3 is 1.09 bits per heavy atom. The van der Waals surface area contributed by atoms with Crippen LogP contribution in [0.5, 0.6) is 0 Å². The Morgan fingerprint density at radius 1 is 0.455 bits per heavy atom. The highest BCUT2D eigenvalue weighted by molar-refractivity contribution is 6.20. The van der Waals surface area contributed by atoms with Gasteiger partial charge in [0.2, 0.25) is 0 Å². The van der Waals surface area contributed by atoms with Gasteiger partial charge < -0.3 is 0 Å². The second-order valence-corrected chi connectivity index (χ2v) is 4.39. The smallest absolute Gasteiger partial charge is 0.151 e. The topological polar surface area (TPSA) is 102 Å². The van der Waals surface area contributed by atoms with Gasteiger partial charge in [-0.3, -0.25) is 28.8 Å². The highest BCUT2D eigenvalue weighted by Crippen LogP contribution is 2.31. The van der Waals surface area contributed by atoms with Gasteiger partial charge in [0.25, 0.3) is 0 Å². The largest absolute Gasteiger partial charge is 0.298 e. The van der Waals surface area contributed by atoms with Gasteiger partial charge in [-0.25, -0.2) is 0 Å². The van der Waals surface area contributed by atoms with Crippen LogP contribution in [0.1, 0.15) is 62.1 Å². The van der Waals surface area contributed by atoms with E-state index in [1.165, 1.54) is 0 Å². The first-order valence-electron chi connectivity index (χ1n) is 6.05. The Hall–Kier alpha value is -3.28. The van der Waals surface area contributed by atoms with Crippen molar-refractivity contribution in [2.45, 2.75) is 0 Å². The third kappa shape index (κ3) is 2.07. The molecule has 0 saturated heterocycles. The third-order valence-electron chi connectivity index (χ3n) is 3.35. The van der Waals surface area contributed by atoms with Gasteiger partial charge in [-0.1, -0.05) is 0 Å². The lowest BCUT2D eigenvalue weighted by Gasteiger charge is -2.13. The van der Waals surface area contributed by atoms with Gasteiger partial charge in [0, 0.05) is 44.2 Å². The highest BCUT2D eigenvalue weighted by atomic mass is 16.1. The number of fused-ring (bicyclic) bond motifs is 1. The molecule has 0 unspecified atom stereocenters. The predicted octanol–water partition coefficient (Wildman–Crippen LogP) is 1.71. The second kappa shape index (κ2) is 6.01. The fourth-order valence-corrected chi connectivity index (χ4v) is 2.43. The first kappa shape index (κ1) is 15.1. The van der Waals surface area contributed by atoms with Crippen molar-refractivity contribution in [2.24, 2.45) is 0 Å². The summed E-state index contributed by atoms with van der Waals surface area (Å²) in [4.78, 5) is 67.3. The molecule has 0 saturated carbocycles. The number of carbonyl (C=O) groups excluding carboxylic acids is 6. The fraction of sp³-hybridized carbons (Fsp3) is 0. The van der Waals surface area contributed by atoms with Crippen molar-refractivity contribution in [3.8, 4) is 0 Å². The Labute approximate surface area is 123 Å². The number of hydrogen-bond donors (Lipinski definition) is 0. The zero-order valence-corrected chi connectivity index (χ0v) is 11.1. The molecule has 0 aliphatic carbocycles. The summed E-state index contributed by atoms with van der Waals surface area (Å²) in [6.07, 6.45) is 2.23. The molecule has 2 rings (SSSR count). The lowest BCUT2D eigenvalue weighted by atomic mass is 9.88. The normalized spacial score (nSPS) is 10.0. The number of aldehydes is 6. The lowest BCUT2D eigenvalue weighted by Crippen LogP contribution is -2.05. The van der Waals surface area contributed by atoms with Gasteiger partial charge in [-0.2, -0.15) is 0 Å². The Balaban J connectivity index is 3.29. The van der Waals surface area contributed by atoms with Crippen LogP contribution >= 0.6 is 0 Å². The molecule has 22 heavy (non-hydrogen) atoms. The Kier molecular flexibility index (Phi) is 4.13. The van der Waals surface area contributed by atoms with E-state index in [4.69, 9.17) is 0 Å². The molecule has 0 aliphatic heterocycles. The number of benzene rings is 2. The van der Waals surface area contributed by atoms with Gasteiger partial charge in [0.15, 0.2) is 37.7 Å². The molecular weight excluding hydrogens is 288 g/mol. The average molecular weight is 296 g/mol. The van der Waals surface area contributed by atoms with Crippen molar-refractivity contribution in [1.29, 1.82) is 0 Å². The summed E-state index contributed by atoms with van der Waals surface area (Å²) in [5.41, 5.74) is -0.551. The summed E-state index contributed by atoms with van der Waals surface area (Å²) in [5, 5.41) is 0.00815. The van der Waals surface area contributed by atoms with Crippen LogP contribution in [-0.4, -0.2) is 37.7 Å². The number of carbonyl (C=O) groups is 6. The highest BCUT2D eigenvalue weighted by Gasteiger charge is 2.20. The minimum absolute atomic E-state index is 0.0228. The van der Waals surface area contributed by atoms with Crippen molar-refractivity contribution in [3.63, 3.8) is 0 Å². The van der Waals surface area contributed by atoms with Crippen molar-refractivity contribution in [2.75, 3.05) is 0 Å². The standard InChI is InChI=1S/C16H8O6/c17-3-9-1-11(5-19)15-12(6-20)2-10(4-18)14(8-22)16(15)13(9)7-21/h1-8H. The van der Waals surface area contributed by atoms with Crippen molar-refractivity contribution in [1.82, 2.24) is 0 Å². The molecule has 0 heterocycles. The van der Waals surface area contributed by atoms with Crippen molar-refractivity contribution >= 4 is 48.5 Å². The molecule has 2 aromatic rings. The minimum Gasteiger partial charge on any atom is -0.298 e. The summed E-state index contributed by atoms with van der Waals surface area (Å²) in [7, 11) is 0. The van der Waals surface area contributed by atoms with E-state index in [0.717, 1.165) is 12.1 Å². The average Bonchev–Trinajstić information content (AvgIpc) is 2.58. The molecular formula is C16H8O6. The van der Waals surface area contributed by atoms with Crippen molar-refractivity contribution < 1.29 is 28.8 Å². The van der Waals surface area contributed by atoms with Crippen molar-refractivity contribution in [3.05, 3.63) is 45.5 Å². The van der Waals surface area contributed by atoms with E-state index in [2.05, 4.69) is 0 Å². The maximum absolute atomic E-state index is 11.3. The van der Waals surface area contributed by atoms with Crippen LogP contribution in [0, 0.1) is 0 Å². The first-order valence-corrected chi connectivity index (χ1v) is 6.05. The molecule has 0 amide bonds. The molecule has 6 nitrogen and oxygen atoms in total. The summed E-state index contributed by atoms with van der Waals surface area (Å²) >= 11 is 0. The second-order valence-electron chi connectivity index (χ2n) is 4.39. The van der Waals surface area contributed by atoms with E-state index < -0.39 is 0 Å². The quantitative estimate of drug-likeness (QED) is 0.752.